The maximum atomic E-state index is 13.4. The van der Waals surface area contributed by atoms with E-state index in [1.54, 1.807) is 21.9 Å². The standard InChI is InChI=1S/C28H35ClN8O5S/c1-17(38)36-11-6-19(7-12-36)35-43(41,42)21-4-2-3-18(15-21)27(40)37-13-9-28(10-14-37)8-5-20(34-28)16-22(39)23-25(30)33-26(31)24(29)32-23/h2-4,15-16,19,34-35H,5-14H2,1H3,(H4,30,31,33)/b20-16+. The highest BCUT2D eigenvalue weighted by molar-refractivity contribution is 7.89. The number of nitrogens with one attached hydrogen (secondary N) is 2. The van der Waals surface area contributed by atoms with Crippen LogP contribution in [0.25, 0.3) is 0 Å². The van der Waals surface area contributed by atoms with E-state index in [4.69, 9.17) is 23.1 Å². The van der Waals surface area contributed by atoms with Crippen molar-refractivity contribution in [1.29, 1.82) is 0 Å². The third-order valence-corrected chi connectivity index (χ3v) is 10.2. The maximum Gasteiger partial charge on any atom is 0.253 e. The summed E-state index contributed by atoms with van der Waals surface area (Å²) in [6, 6.07) is 5.81. The van der Waals surface area contributed by atoms with Gasteiger partial charge in [0.25, 0.3) is 5.91 Å². The maximum absolute atomic E-state index is 13.4. The quantitative estimate of drug-likeness (QED) is 0.270. The van der Waals surface area contributed by atoms with Gasteiger partial charge in [-0.1, -0.05) is 17.7 Å². The molecule has 3 aliphatic rings. The molecule has 0 atom stereocenters. The highest BCUT2D eigenvalue weighted by atomic mass is 35.5. The van der Waals surface area contributed by atoms with Gasteiger partial charge in [-0.05, 0) is 56.7 Å². The second kappa shape index (κ2) is 12.1. The summed E-state index contributed by atoms with van der Waals surface area (Å²) in [7, 11) is -3.84. The van der Waals surface area contributed by atoms with Gasteiger partial charge < -0.3 is 26.6 Å². The van der Waals surface area contributed by atoms with Crippen molar-refractivity contribution in [1.82, 2.24) is 29.8 Å². The Kier molecular flexibility index (Phi) is 8.63. The molecule has 1 aromatic carbocycles. The largest absolute Gasteiger partial charge is 0.383 e. The van der Waals surface area contributed by atoms with Gasteiger partial charge >= 0.3 is 0 Å². The molecule has 3 fully saturated rings. The fourth-order valence-electron chi connectivity index (χ4n) is 5.89. The molecule has 6 N–H and O–H groups in total. The minimum Gasteiger partial charge on any atom is -0.383 e. The molecule has 13 nitrogen and oxygen atoms in total. The van der Waals surface area contributed by atoms with Crippen molar-refractivity contribution < 1.29 is 22.8 Å². The van der Waals surface area contributed by atoms with Crippen molar-refractivity contribution in [3.05, 3.63) is 52.4 Å². The minimum atomic E-state index is -3.84. The number of rotatable bonds is 6. The van der Waals surface area contributed by atoms with Crippen LogP contribution in [0.5, 0.6) is 0 Å². The van der Waals surface area contributed by atoms with Crippen LogP contribution in [0, 0.1) is 0 Å². The van der Waals surface area contributed by atoms with Crippen LogP contribution in [0.15, 0.2) is 40.9 Å². The van der Waals surface area contributed by atoms with Crippen molar-refractivity contribution in [3.8, 4) is 0 Å². The van der Waals surface area contributed by atoms with Crippen LogP contribution in [-0.4, -0.2) is 83.5 Å². The van der Waals surface area contributed by atoms with Crippen LogP contribution >= 0.6 is 11.6 Å². The number of anilines is 2. The average Bonchev–Trinajstić information content (AvgIpc) is 3.36. The second-order valence-electron chi connectivity index (χ2n) is 11.3. The lowest BCUT2D eigenvalue weighted by molar-refractivity contribution is -0.129. The molecule has 1 spiro atoms. The first-order chi connectivity index (χ1) is 20.4. The van der Waals surface area contributed by atoms with Crippen molar-refractivity contribution in [2.75, 3.05) is 37.6 Å². The summed E-state index contributed by atoms with van der Waals surface area (Å²) in [6.07, 6.45) is 5.29. The Balaban J connectivity index is 1.18. The molecule has 1 aromatic heterocycles. The first-order valence-corrected chi connectivity index (χ1v) is 16.0. The average molecular weight is 631 g/mol. The summed E-state index contributed by atoms with van der Waals surface area (Å²) < 4.78 is 28.9. The van der Waals surface area contributed by atoms with Gasteiger partial charge in [0, 0.05) is 62.0 Å². The van der Waals surface area contributed by atoms with Crippen LogP contribution in [-0.2, 0) is 14.8 Å². The molecule has 230 valence electrons. The number of hydrogen-bond donors (Lipinski definition) is 4. The van der Waals surface area contributed by atoms with E-state index in [0.717, 1.165) is 12.1 Å². The summed E-state index contributed by atoms with van der Waals surface area (Å²) in [4.78, 5) is 49.0. The Morgan fingerprint density at radius 1 is 1.05 bits per heavy atom. The second-order valence-corrected chi connectivity index (χ2v) is 13.4. The molecule has 2 amide bonds. The van der Waals surface area contributed by atoms with E-state index in [2.05, 4.69) is 20.0 Å². The Labute approximate surface area is 255 Å². The normalized spacial score (nSPS) is 19.9. The number of ketones is 1. The number of carbonyl (C=O) groups is 3. The molecule has 0 aliphatic carbocycles. The molecule has 0 bridgehead atoms. The number of allylic oxidation sites excluding steroid dienone is 2. The van der Waals surface area contributed by atoms with Crippen LogP contribution in [0.4, 0.5) is 11.6 Å². The SMILES string of the molecule is CC(=O)N1CCC(NS(=O)(=O)c2cccc(C(=O)N3CCC4(CC/C(=C\C(=O)c5nc(Cl)c(N)nc5N)N4)CC3)c2)CC1. The zero-order valence-electron chi connectivity index (χ0n) is 23.8. The zero-order chi connectivity index (χ0) is 30.9. The number of piperidine rings is 2. The number of nitrogens with zero attached hydrogens (tertiary/aromatic N) is 4. The molecule has 2 aromatic rings. The van der Waals surface area contributed by atoms with E-state index in [9.17, 15) is 22.8 Å². The first-order valence-electron chi connectivity index (χ1n) is 14.1. The number of nitrogen functional groups attached to an aromatic ring is 2. The van der Waals surface area contributed by atoms with E-state index in [0.29, 0.717) is 63.8 Å². The van der Waals surface area contributed by atoms with E-state index < -0.39 is 15.8 Å². The number of likely N-dealkylation sites (tertiary alicyclic amines) is 2. The van der Waals surface area contributed by atoms with Crippen molar-refractivity contribution >= 4 is 50.9 Å². The monoisotopic (exact) mass is 630 g/mol. The zero-order valence-corrected chi connectivity index (χ0v) is 25.4. The number of halogens is 1. The lowest BCUT2D eigenvalue weighted by atomic mass is 9.86. The van der Waals surface area contributed by atoms with Crippen molar-refractivity contribution in [2.24, 2.45) is 0 Å². The minimum absolute atomic E-state index is 0.0204. The molecule has 3 aliphatic heterocycles. The van der Waals surface area contributed by atoms with E-state index in [1.165, 1.54) is 25.1 Å². The van der Waals surface area contributed by atoms with Crippen molar-refractivity contribution in [2.45, 2.75) is 61.9 Å². The van der Waals surface area contributed by atoms with Crippen LogP contribution in [0.1, 0.15) is 66.3 Å². The molecule has 15 heteroatoms. The smallest absolute Gasteiger partial charge is 0.253 e. The number of hydrogen-bond acceptors (Lipinski definition) is 10. The fourth-order valence-corrected chi connectivity index (χ4v) is 7.37. The summed E-state index contributed by atoms with van der Waals surface area (Å²) in [5.74, 6) is -0.820. The molecule has 0 radical (unpaired) electrons. The van der Waals surface area contributed by atoms with Gasteiger partial charge in [-0.3, -0.25) is 14.4 Å². The van der Waals surface area contributed by atoms with Gasteiger partial charge in [-0.2, -0.15) is 0 Å². The molecule has 4 heterocycles. The predicted octanol–water partition coefficient (Wildman–Crippen LogP) is 1.71. The number of sulfonamides is 1. The van der Waals surface area contributed by atoms with Gasteiger partial charge in [0.05, 0.1) is 4.90 Å². The molecule has 0 unspecified atom stereocenters. The van der Waals surface area contributed by atoms with E-state index in [-0.39, 0.29) is 50.8 Å². The van der Waals surface area contributed by atoms with Crippen LogP contribution in [0.3, 0.4) is 0 Å². The predicted molar refractivity (Wildman–Crippen MR) is 161 cm³/mol. The summed E-state index contributed by atoms with van der Waals surface area (Å²) in [5.41, 5.74) is 12.1. The topological polar surface area (TPSA) is 194 Å². The highest BCUT2D eigenvalue weighted by Gasteiger charge is 2.40. The number of carbonyl (C=O) groups excluding carboxylic acids is 3. The van der Waals surface area contributed by atoms with E-state index >= 15 is 0 Å². The Bertz CT molecular complexity index is 1580. The Morgan fingerprint density at radius 2 is 1.74 bits per heavy atom. The third-order valence-electron chi connectivity index (χ3n) is 8.40. The molecule has 0 saturated carbocycles. The van der Waals surface area contributed by atoms with Crippen LogP contribution < -0.4 is 21.5 Å². The summed E-state index contributed by atoms with van der Waals surface area (Å²) in [6.45, 7) is 3.46. The van der Waals surface area contributed by atoms with Crippen molar-refractivity contribution in [3.63, 3.8) is 0 Å². The lowest BCUT2D eigenvalue weighted by Crippen LogP contribution is -2.51. The first kappa shape index (κ1) is 30.7. The van der Waals surface area contributed by atoms with Gasteiger partial charge in [0.2, 0.25) is 21.7 Å². The number of aromatic nitrogens is 2. The van der Waals surface area contributed by atoms with Gasteiger partial charge in [0.1, 0.15) is 0 Å². The number of benzene rings is 1. The van der Waals surface area contributed by atoms with Gasteiger partial charge in [-0.15, -0.1) is 0 Å². The molecule has 3 saturated heterocycles. The molecule has 43 heavy (non-hydrogen) atoms. The lowest BCUT2D eigenvalue weighted by Gasteiger charge is -2.39. The highest BCUT2D eigenvalue weighted by Crippen LogP contribution is 2.35. The molecular formula is C28H35ClN8O5S. The number of nitrogens with two attached hydrogens (primary N) is 2. The van der Waals surface area contributed by atoms with Crippen LogP contribution in [0.2, 0.25) is 5.15 Å². The number of amides is 2. The molecule has 5 rings (SSSR count). The summed E-state index contributed by atoms with van der Waals surface area (Å²) in [5, 5.41) is 3.39. The third kappa shape index (κ3) is 6.76. The van der Waals surface area contributed by atoms with Gasteiger partial charge in [0.15, 0.2) is 22.5 Å². The van der Waals surface area contributed by atoms with E-state index in [1.807, 2.05) is 0 Å². The molecular weight excluding hydrogens is 596 g/mol. The fraction of sp³-hybridized carbons (Fsp3) is 0.464. The summed E-state index contributed by atoms with van der Waals surface area (Å²) >= 11 is 5.91. The Morgan fingerprint density at radius 3 is 2.42 bits per heavy atom. The van der Waals surface area contributed by atoms with Gasteiger partial charge in [-0.25, -0.2) is 23.1 Å². The Hall–Kier alpha value is -3.75.